The molecule has 2 aromatic heterocycles. The average Bonchev–Trinajstić information content (AvgIpc) is 2.68. The van der Waals surface area contributed by atoms with Crippen molar-refractivity contribution in [1.29, 1.82) is 0 Å². The maximum Gasteiger partial charge on any atom is 0.260 e. The van der Waals surface area contributed by atoms with Crippen LogP contribution < -0.4 is 5.32 Å². The fourth-order valence-corrected chi connectivity index (χ4v) is 1.59. The summed E-state index contributed by atoms with van der Waals surface area (Å²) >= 11 is 3.31. The zero-order chi connectivity index (χ0) is 11.5. The number of amides is 1. The van der Waals surface area contributed by atoms with E-state index in [1.54, 1.807) is 19.2 Å². The van der Waals surface area contributed by atoms with Crippen LogP contribution in [0, 0.1) is 6.92 Å². The lowest BCUT2D eigenvalue weighted by atomic mass is 10.2. The summed E-state index contributed by atoms with van der Waals surface area (Å²) in [6, 6.07) is 3.59. The minimum atomic E-state index is -0.231. The highest BCUT2D eigenvalue weighted by atomic mass is 79.9. The lowest BCUT2D eigenvalue weighted by Crippen LogP contribution is -2.13. The molecular formula is C10H9BrN4O. The van der Waals surface area contributed by atoms with Gasteiger partial charge in [-0.3, -0.25) is 9.89 Å². The quantitative estimate of drug-likeness (QED) is 0.885. The van der Waals surface area contributed by atoms with Crippen molar-refractivity contribution in [2.75, 3.05) is 5.32 Å². The molecule has 0 spiro atoms. The lowest BCUT2D eigenvalue weighted by Gasteiger charge is -2.04. The van der Waals surface area contributed by atoms with Crippen molar-refractivity contribution in [1.82, 2.24) is 15.2 Å². The normalized spacial score (nSPS) is 10.1. The number of hydrogen-bond donors (Lipinski definition) is 2. The molecule has 0 atom stereocenters. The van der Waals surface area contributed by atoms with E-state index in [1.807, 2.05) is 6.07 Å². The number of aryl methyl sites for hydroxylation is 1. The largest absolute Gasteiger partial charge is 0.306 e. The van der Waals surface area contributed by atoms with E-state index in [1.165, 1.54) is 6.20 Å². The average molecular weight is 281 g/mol. The van der Waals surface area contributed by atoms with E-state index in [4.69, 9.17) is 0 Å². The molecule has 0 saturated carbocycles. The Balaban J connectivity index is 2.21. The summed E-state index contributed by atoms with van der Waals surface area (Å²) in [5.74, 6) is 0.263. The summed E-state index contributed by atoms with van der Waals surface area (Å²) in [5, 5.41) is 9.19. The standard InChI is InChI=1S/C10H9BrN4O/c1-6-7(5-13-15-6)10(16)14-9-8(11)3-2-4-12-9/h2-5H,1H3,(H,13,15)(H,12,14,16). The van der Waals surface area contributed by atoms with Crippen molar-refractivity contribution in [2.24, 2.45) is 0 Å². The molecule has 0 radical (unpaired) electrons. The third-order valence-corrected chi connectivity index (χ3v) is 2.70. The molecule has 2 N–H and O–H groups in total. The van der Waals surface area contributed by atoms with Gasteiger partial charge in [0.25, 0.3) is 5.91 Å². The summed E-state index contributed by atoms with van der Waals surface area (Å²) in [6.45, 7) is 1.79. The monoisotopic (exact) mass is 280 g/mol. The van der Waals surface area contributed by atoms with E-state index in [-0.39, 0.29) is 5.91 Å². The smallest absolute Gasteiger partial charge is 0.260 e. The van der Waals surface area contributed by atoms with Gasteiger partial charge in [0, 0.05) is 11.9 Å². The summed E-state index contributed by atoms with van der Waals surface area (Å²) in [5.41, 5.74) is 1.24. The van der Waals surface area contributed by atoms with E-state index in [0.717, 1.165) is 10.2 Å². The first-order valence-corrected chi connectivity index (χ1v) is 5.39. The third kappa shape index (κ3) is 2.11. The van der Waals surface area contributed by atoms with Crippen LogP contribution in [-0.2, 0) is 0 Å². The second kappa shape index (κ2) is 4.44. The Bertz CT molecular complexity index is 523. The molecule has 0 fully saturated rings. The Morgan fingerprint density at radius 1 is 1.56 bits per heavy atom. The first-order chi connectivity index (χ1) is 7.68. The van der Waals surface area contributed by atoms with E-state index < -0.39 is 0 Å². The first-order valence-electron chi connectivity index (χ1n) is 4.60. The zero-order valence-electron chi connectivity index (χ0n) is 8.49. The highest BCUT2D eigenvalue weighted by Crippen LogP contribution is 2.19. The van der Waals surface area contributed by atoms with Gasteiger partial charge < -0.3 is 5.32 Å². The molecule has 0 saturated heterocycles. The highest BCUT2D eigenvalue weighted by molar-refractivity contribution is 9.10. The molecule has 5 nitrogen and oxygen atoms in total. The third-order valence-electron chi connectivity index (χ3n) is 2.06. The van der Waals surface area contributed by atoms with Crippen LogP contribution in [0.4, 0.5) is 5.82 Å². The predicted molar refractivity (Wildman–Crippen MR) is 63.2 cm³/mol. The van der Waals surface area contributed by atoms with Gasteiger partial charge in [-0.2, -0.15) is 5.10 Å². The van der Waals surface area contributed by atoms with Crippen molar-refractivity contribution in [3.63, 3.8) is 0 Å². The Labute approximate surface area is 100 Å². The summed E-state index contributed by atoms with van der Waals surface area (Å²) in [6.07, 6.45) is 3.10. The van der Waals surface area contributed by atoms with Crippen LogP contribution >= 0.6 is 15.9 Å². The summed E-state index contributed by atoms with van der Waals surface area (Å²) in [4.78, 5) is 15.9. The molecule has 1 amide bonds. The number of carbonyl (C=O) groups excluding carboxylic acids is 1. The number of anilines is 1. The lowest BCUT2D eigenvalue weighted by molar-refractivity contribution is 0.102. The Hall–Kier alpha value is -1.69. The van der Waals surface area contributed by atoms with E-state index in [2.05, 4.69) is 36.4 Å². The highest BCUT2D eigenvalue weighted by Gasteiger charge is 2.12. The van der Waals surface area contributed by atoms with Gasteiger partial charge in [0.2, 0.25) is 0 Å². The maximum absolute atomic E-state index is 11.8. The molecule has 0 aliphatic carbocycles. The second-order valence-electron chi connectivity index (χ2n) is 3.20. The number of rotatable bonds is 2. The van der Waals surface area contributed by atoms with Gasteiger partial charge in [-0.1, -0.05) is 0 Å². The molecule has 16 heavy (non-hydrogen) atoms. The van der Waals surface area contributed by atoms with Crippen LogP contribution in [0.3, 0.4) is 0 Å². The fourth-order valence-electron chi connectivity index (χ4n) is 1.23. The fraction of sp³-hybridized carbons (Fsp3) is 0.100. The number of pyridine rings is 1. The van der Waals surface area contributed by atoms with E-state index >= 15 is 0 Å². The van der Waals surface area contributed by atoms with Crippen LogP contribution in [0.2, 0.25) is 0 Å². The van der Waals surface area contributed by atoms with Gasteiger partial charge in [0.1, 0.15) is 5.82 Å². The predicted octanol–water partition coefficient (Wildman–Crippen LogP) is 2.13. The van der Waals surface area contributed by atoms with Gasteiger partial charge in [0.05, 0.1) is 16.2 Å². The molecule has 0 aliphatic rings. The number of nitrogens with zero attached hydrogens (tertiary/aromatic N) is 2. The van der Waals surface area contributed by atoms with E-state index in [9.17, 15) is 4.79 Å². The minimum Gasteiger partial charge on any atom is -0.306 e. The van der Waals surface area contributed by atoms with Crippen LogP contribution in [0.15, 0.2) is 29.0 Å². The molecule has 0 aromatic carbocycles. The number of carbonyl (C=O) groups is 1. The summed E-state index contributed by atoms with van der Waals surface area (Å²) in [7, 11) is 0. The SMILES string of the molecule is Cc1[nH]ncc1C(=O)Nc1ncccc1Br. The number of hydrogen-bond acceptors (Lipinski definition) is 3. The molecule has 0 unspecified atom stereocenters. The molecular weight excluding hydrogens is 272 g/mol. The zero-order valence-corrected chi connectivity index (χ0v) is 10.1. The second-order valence-corrected chi connectivity index (χ2v) is 4.05. The molecule has 0 aliphatic heterocycles. The maximum atomic E-state index is 11.8. The molecule has 2 rings (SSSR count). The molecule has 2 aromatic rings. The van der Waals surface area contributed by atoms with Crippen molar-refractivity contribution < 1.29 is 4.79 Å². The number of halogens is 1. The first kappa shape index (κ1) is 10.8. The van der Waals surface area contributed by atoms with E-state index in [0.29, 0.717) is 11.4 Å². The molecule has 2 heterocycles. The molecule has 0 bridgehead atoms. The van der Waals surface area contributed by atoms with Gasteiger partial charge >= 0.3 is 0 Å². The van der Waals surface area contributed by atoms with Crippen molar-refractivity contribution in [3.8, 4) is 0 Å². The summed E-state index contributed by atoms with van der Waals surface area (Å²) < 4.78 is 0.740. The van der Waals surface area contributed by atoms with Crippen LogP contribution in [0.1, 0.15) is 16.1 Å². The van der Waals surface area contributed by atoms with Gasteiger partial charge in [-0.25, -0.2) is 4.98 Å². The topological polar surface area (TPSA) is 70.7 Å². The molecule has 6 heteroatoms. The van der Waals surface area contributed by atoms with Crippen LogP contribution in [-0.4, -0.2) is 21.1 Å². The van der Waals surface area contributed by atoms with Crippen molar-refractivity contribution >= 4 is 27.7 Å². The van der Waals surface area contributed by atoms with Crippen LogP contribution in [0.25, 0.3) is 0 Å². The number of H-pyrrole nitrogens is 1. The van der Waals surface area contributed by atoms with Crippen LogP contribution in [0.5, 0.6) is 0 Å². The Morgan fingerprint density at radius 3 is 3.00 bits per heavy atom. The van der Waals surface area contributed by atoms with Gasteiger partial charge in [-0.15, -0.1) is 0 Å². The van der Waals surface area contributed by atoms with Crippen molar-refractivity contribution in [3.05, 3.63) is 40.3 Å². The minimum absolute atomic E-state index is 0.231. The van der Waals surface area contributed by atoms with Crippen molar-refractivity contribution in [2.45, 2.75) is 6.92 Å². The Kier molecular flexibility index (Phi) is 3.00. The van der Waals surface area contributed by atoms with Gasteiger partial charge in [-0.05, 0) is 35.0 Å². The number of aromatic nitrogens is 3. The Morgan fingerprint density at radius 2 is 2.38 bits per heavy atom. The number of aromatic amines is 1. The van der Waals surface area contributed by atoms with Gasteiger partial charge in [0.15, 0.2) is 0 Å². The number of nitrogens with one attached hydrogen (secondary N) is 2. The molecule has 82 valence electrons.